The summed E-state index contributed by atoms with van der Waals surface area (Å²) in [6, 6.07) is -0.534. The van der Waals surface area contributed by atoms with E-state index in [1.54, 1.807) is 6.92 Å². The molecule has 0 bridgehead atoms. The SMILES string of the molecule is COC(=O)C(C)NC1CCC1C(=O)O. The molecule has 1 fully saturated rings. The summed E-state index contributed by atoms with van der Waals surface area (Å²) in [6.45, 7) is 1.67. The van der Waals surface area contributed by atoms with Crippen molar-refractivity contribution in [2.75, 3.05) is 7.11 Å². The Kier molecular flexibility index (Phi) is 3.46. The number of nitrogens with one attached hydrogen (secondary N) is 1. The Morgan fingerprint density at radius 1 is 1.50 bits per heavy atom. The molecule has 1 aliphatic rings. The van der Waals surface area contributed by atoms with Crippen molar-refractivity contribution in [1.82, 2.24) is 5.32 Å². The molecule has 14 heavy (non-hydrogen) atoms. The van der Waals surface area contributed by atoms with Gasteiger partial charge in [-0.15, -0.1) is 0 Å². The van der Waals surface area contributed by atoms with Crippen molar-refractivity contribution in [3.63, 3.8) is 0 Å². The molecular formula is C9H15NO4. The van der Waals surface area contributed by atoms with Crippen LogP contribution in [0.1, 0.15) is 19.8 Å². The van der Waals surface area contributed by atoms with Crippen LogP contribution < -0.4 is 5.32 Å². The molecule has 0 aromatic carbocycles. The molecule has 5 nitrogen and oxygen atoms in total. The first-order valence-corrected chi connectivity index (χ1v) is 4.63. The van der Waals surface area contributed by atoms with E-state index in [4.69, 9.17) is 5.11 Å². The topological polar surface area (TPSA) is 75.6 Å². The summed E-state index contributed by atoms with van der Waals surface area (Å²) in [5.74, 6) is -1.52. The molecule has 0 aromatic rings. The Hall–Kier alpha value is -1.10. The first-order chi connectivity index (χ1) is 6.56. The van der Waals surface area contributed by atoms with Gasteiger partial charge in [0.05, 0.1) is 13.0 Å². The average molecular weight is 201 g/mol. The van der Waals surface area contributed by atoms with Gasteiger partial charge in [0.2, 0.25) is 0 Å². The van der Waals surface area contributed by atoms with Crippen LogP contribution in [0.15, 0.2) is 0 Å². The maximum absolute atomic E-state index is 11.0. The summed E-state index contributed by atoms with van der Waals surface area (Å²) in [7, 11) is 1.32. The Morgan fingerprint density at radius 3 is 2.50 bits per heavy atom. The van der Waals surface area contributed by atoms with Crippen molar-refractivity contribution < 1.29 is 19.4 Å². The number of carboxylic acid groups (broad SMARTS) is 1. The van der Waals surface area contributed by atoms with Gasteiger partial charge in [-0.1, -0.05) is 0 Å². The zero-order valence-corrected chi connectivity index (χ0v) is 8.32. The summed E-state index contributed by atoms with van der Waals surface area (Å²) in [4.78, 5) is 21.7. The third kappa shape index (κ3) is 2.23. The molecule has 3 unspecified atom stereocenters. The van der Waals surface area contributed by atoms with Crippen LogP contribution >= 0.6 is 0 Å². The molecule has 2 N–H and O–H groups in total. The van der Waals surface area contributed by atoms with Gasteiger partial charge in [0, 0.05) is 6.04 Å². The Morgan fingerprint density at radius 2 is 2.14 bits per heavy atom. The fourth-order valence-electron chi connectivity index (χ4n) is 1.56. The first-order valence-electron chi connectivity index (χ1n) is 4.63. The predicted octanol–water partition coefficient (Wildman–Crippen LogP) is 0.000700. The normalized spacial score (nSPS) is 27.6. The van der Waals surface area contributed by atoms with Crippen molar-refractivity contribution in [3.8, 4) is 0 Å². The van der Waals surface area contributed by atoms with E-state index in [1.165, 1.54) is 7.11 Å². The first kappa shape index (κ1) is 11.0. The number of carbonyl (C=O) groups is 2. The van der Waals surface area contributed by atoms with E-state index in [-0.39, 0.29) is 17.9 Å². The number of hydrogen-bond acceptors (Lipinski definition) is 4. The van der Waals surface area contributed by atoms with Gasteiger partial charge in [0.15, 0.2) is 0 Å². The quantitative estimate of drug-likeness (QED) is 0.626. The van der Waals surface area contributed by atoms with Crippen LogP contribution in [0.3, 0.4) is 0 Å². The number of aliphatic carboxylic acids is 1. The Bertz CT molecular complexity index is 241. The van der Waals surface area contributed by atoms with E-state index in [0.717, 1.165) is 6.42 Å². The standard InChI is InChI=1S/C9H15NO4/c1-5(9(13)14-2)10-7-4-3-6(7)8(11)12/h5-7,10H,3-4H2,1-2H3,(H,11,12). The molecular weight excluding hydrogens is 186 g/mol. The number of methoxy groups -OCH3 is 1. The summed E-state index contributed by atoms with van der Waals surface area (Å²) in [5, 5.41) is 11.7. The Labute approximate surface area is 82.4 Å². The Balaban J connectivity index is 2.38. The highest BCUT2D eigenvalue weighted by Gasteiger charge is 2.37. The molecule has 0 radical (unpaired) electrons. The number of hydrogen-bond donors (Lipinski definition) is 2. The summed E-state index contributed by atoms with van der Waals surface area (Å²) >= 11 is 0. The van der Waals surface area contributed by atoms with Gasteiger partial charge in [-0.2, -0.15) is 0 Å². The lowest BCUT2D eigenvalue weighted by molar-refractivity contribution is -0.149. The van der Waals surface area contributed by atoms with Gasteiger partial charge in [-0.25, -0.2) is 0 Å². The van der Waals surface area contributed by atoms with E-state index in [1.807, 2.05) is 0 Å². The highest BCUT2D eigenvalue weighted by molar-refractivity contribution is 5.76. The van der Waals surface area contributed by atoms with Crippen LogP contribution in [0.25, 0.3) is 0 Å². The van der Waals surface area contributed by atoms with Crippen LogP contribution in [0, 0.1) is 5.92 Å². The van der Waals surface area contributed by atoms with Gasteiger partial charge < -0.3 is 15.2 Å². The molecule has 1 aliphatic carbocycles. The van der Waals surface area contributed by atoms with Gasteiger partial charge >= 0.3 is 11.9 Å². The highest BCUT2D eigenvalue weighted by atomic mass is 16.5. The van der Waals surface area contributed by atoms with E-state index in [9.17, 15) is 9.59 Å². The molecule has 0 aliphatic heterocycles. The van der Waals surface area contributed by atoms with Crippen LogP contribution in [-0.2, 0) is 14.3 Å². The number of rotatable bonds is 4. The second-order valence-corrected chi connectivity index (χ2v) is 3.54. The zero-order valence-electron chi connectivity index (χ0n) is 8.32. The molecule has 0 amide bonds. The van der Waals surface area contributed by atoms with E-state index in [0.29, 0.717) is 6.42 Å². The van der Waals surface area contributed by atoms with Crippen molar-refractivity contribution in [1.29, 1.82) is 0 Å². The molecule has 1 rings (SSSR count). The van der Waals surface area contributed by atoms with Crippen LogP contribution in [0.4, 0.5) is 0 Å². The molecule has 5 heteroatoms. The highest BCUT2D eigenvalue weighted by Crippen LogP contribution is 2.27. The predicted molar refractivity (Wildman–Crippen MR) is 48.8 cm³/mol. The maximum atomic E-state index is 11.0. The largest absolute Gasteiger partial charge is 0.481 e. The van der Waals surface area contributed by atoms with Gasteiger partial charge in [-0.3, -0.25) is 9.59 Å². The second kappa shape index (κ2) is 4.41. The zero-order chi connectivity index (χ0) is 10.7. The van der Waals surface area contributed by atoms with Crippen molar-refractivity contribution in [2.45, 2.75) is 31.8 Å². The van der Waals surface area contributed by atoms with E-state index >= 15 is 0 Å². The van der Waals surface area contributed by atoms with Gasteiger partial charge in [0.25, 0.3) is 0 Å². The minimum absolute atomic E-state index is 0.0957. The fourth-order valence-corrected chi connectivity index (χ4v) is 1.56. The lowest BCUT2D eigenvalue weighted by Crippen LogP contribution is -2.52. The number of esters is 1. The third-order valence-corrected chi connectivity index (χ3v) is 2.61. The lowest BCUT2D eigenvalue weighted by Gasteiger charge is -2.35. The van der Waals surface area contributed by atoms with Crippen LogP contribution in [0.5, 0.6) is 0 Å². The number of ether oxygens (including phenoxy) is 1. The number of carbonyl (C=O) groups excluding carboxylic acids is 1. The molecule has 3 atom stereocenters. The molecule has 0 heterocycles. The second-order valence-electron chi connectivity index (χ2n) is 3.54. The monoisotopic (exact) mass is 201 g/mol. The van der Waals surface area contributed by atoms with Crippen molar-refractivity contribution >= 4 is 11.9 Å². The van der Waals surface area contributed by atoms with Crippen molar-refractivity contribution in [2.24, 2.45) is 5.92 Å². The molecule has 0 aromatic heterocycles. The number of carboxylic acids is 1. The van der Waals surface area contributed by atoms with E-state index in [2.05, 4.69) is 10.1 Å². The van der Waals surface area contributed by atoms with E-state index < -0.39 is 12.0 Å². The van der Waals surface area contributed by atoms with Gasteiger partial charge in [-0.05, 0) is 19.8 Å². The lowest BCUT2D eigenvalue weighted by atomic mass is 9.79. The molecule has 0 spiro atoms. The molecule has 0 saturated heterocycles. The molecule has 1 saturated carbocycles. The van der Waals surface area contributed by atoms with Crippen LogP contribution in [0.2, 0.25) is 0 Å². The third-order valence-electron chi connectivity index (χ3n) is 2.61. The smallest absolute Gasteiger partial charge is 0.322 e. The average Bonchev–Trinajstić information content (AvgIpc) is 2.09. The van der Waals surface area contributed by atoms with Gasteiger partial charge in [0.1, 0.15) is 6.04 Å². The minimum Gasteiger partial charge on any atom is -0.481 e. The summed E-state index contributed by atoms with van der Waals surface area (Å²) < 4.78 is 4.53. The van der Waals surface area contributed by atoms with Crippen molar-refractivity contribution in [3.05, 3.63) is 0 Å². The fraction of sp³-hybridized carbons (Fsp3) is 0.778. The maximum Gasteiger partial charge on any atom is 0.322 e. The molecule has 80 valence electrons. The summed E-state index contributed by atoms with van der Waals surface area (Å²) in [6.07, 6.45) is 1.49. The van der Waals surface area contributed by atoms with Crippen LogP contribution in [-0.4, -0.2) is 36.2 Å². The summed E-state index contributed by atoms with van der Waals surface area (Å²) in [5.41, 5.74) is 0. The minimum atomic E-state index is -0.800.